The molecule has 3 nitrogen and oxygen atoms in total. The quantitative estimate of drug-likeness (QED) is 0.897. The molecule has 0 saturated carbocycles. The fraction of sp³-hybridized carbons (Fsp3) is 0.333. The first-order valence-corrected chi connectivity index (χ1v) is 6.44. The molecule has 1 aromatic carbocycles. The van der Waals surface area contributed by atoms with Gasteiger partial charge in [0.25, 0.3) is 0 Å². The third kappa shape index (κ3) is 2.96. The predicted molar refractivity (Wildman–Crippen MR) is 74.4 cm³/mol. The zero-order valence-corrected chi connectivity index (χ0v) is 11.3. The summed E-state index contributed by atoms with van der Waals surface area (Å²) < 4.78 is 19.5. The Labute approximate surface area is 112 Å². The topological polar surface area (TPSA) is 42.4 Å². The standard InChI is InChI=1S/C15H19FN2O/c1-3-18(10-12-6-5-9-19-12)15-13(11(2)17)7-4-8-14(15)16/h4-9,11H,3,10,17H2,1-2H3/t11-/m0/s1. The molecule has 0 saturated heterocycles. The SMILES string of the molecule is CCN(Cc1ccco1)c1c(F)cccc1[C@H](C)N. The van der Waals surface area contributed by atoms with Gasteiger partial charge in [-0.2, -0.15) is 0 Å². The minimum absolute atomic E-state index is 0.212. The van der Waals surface area contributed by atoms with E-state index in [-0.39, 0.29) is 11.9 Å². The number of anilines is 1. The number of nitrogens with two attached hydrogens (primary N) is 1. The minimum atomic E-state index is -0.247. The maximum atomic E-state index is 14.1. The van der Waals surface area contributed by atoms with Crippen molar-refractivity contribution in [3.05, 3.63) is 53.7 Å². The van der Waals surface area contributed by atoms with Gasteiger partial charge in [-0.05, 0) is 37.6 Å². The summed E-state index contributed by atoms with van der Waals surface area (Å²) in [6.07, 6.45) is 1.62. The van der Waals surface area contributed by atoms with Crippen molar-refractivity contribution >= 4 is 5.69 Å². The summed E-state index contributed by atoms with van der Waals surface area (Å²) in [5.41, 5.74) is 7.31. The smallest absolute Gasteiger partial charge is 0.146 e. The van der Waals surface area contributed by atoms with Gasteiger partial charge in [-0.15, -0.1) is 0 Å². The third-order valence-electron chi connectivity index (χ3n) is 3.13. The Morgan fingerprint density at radius 2 is 2.11 bits per heavy atom. The molecule has 4 heteroatoms. The van der Waals surface area contributed by atoms with Crippen molar-refractivity contribution in [1.29, 1.82) is 0 Å². The lowest BCUT2D eigenvalue weighted by atomic mass is 10.1. The molecule has 2 aromatic rings. The van der Waals surface area contributed by atoms with Crippen molar-refractivity contribution in [2.75, 3.05) is 11.4 Å². The molecule has 0 aliphatic carbocycles. The zero-order valence-electron chi connectivity index (χ0n) is 11.3. The van der Waals surface area contributed by atoms with Crippen molar-refractivity contribution in [3.8, 4) is 0 Å². The molecule has 0 aliphatic rings. The van der Waals surface area contributed by atoms with Crippen LogP contribution in [-0.4, -0.2) is 6.54 Å². The predicted octanol–water partition coefficient (Wildman–Crippen LogP) is 3.46. The van der Waals surface area contributed by atoms with Crippen LogP contribution in [0.5, 0.6) is 0 Å². The molecular weight excluding hydrogens is 243 g/mol. The second-order valence-corrected chi connectivity index (χ2v) is 4.56. The Morgan fingerprint density at radius 1 is 1.32 bits per heavy atom. The first-order chi connectivity index (χ1) is 9.13. The summed E-state index contributed by atoms with van der Waals surface area (Å²) in [7, 11) is 0. The van der Waals surface area contributed by atoms with Gasteiger partial charge in [0.1, 0.15) is 11.6 Å². The van der Waals surface area contributed by atoms with Crippen LogP contribution in [-0.2, 0) is 6.54 Å². The lowest BCUT2D eigenvalue weighted by Gasteiger charge is -2.26. The maximum absolute atomic E-state index is 14.1. The Morgan fingerprint density at radius 3 is 2.68 bits per heavy atom. The molecular formula is C15H19FN2O. The second kappa shape index (κ2) is 5.89. The Kier molecular flexibility index (Phi) is 4.22. The monoisotopic (exact) mass is 262 g/mol. The van der Waals surface area contributed by atoms with E-state index in [1.54, 1.807) is 12.3 Å². The number of hydrogen-bond acceptors (Lipinski definition) is 3. The summed E-state index contributed by atoms with van der Waals surface area (Å²) >= 11 is 0. The van der Waals surface area contributed by atoms with Gasteiger partial charge in [-0.1, -0.05) is 12.1 Å². The molecule has 19 heavy (non-hydrogen) atoms. The average Bonchev–Trinajstić information content (AvgIpc) is 2.89. The zero-order chi connectivity index (χ0) is 13.8. The fourth-order valence-corrected chi connectivity index (χ4v) is 2.17. The summed E-state index contributed by atoms with van der Waals surface area (Å²) in [5, 5.41) is 0. The van der Waals surface area contributed by atoms with Gasteiger partial charge in [0.15, 0.2) is 0 Å². The molecule has 0 amide bonds. The summed E-state index contributed by atoms with van der Waals surface area (Å²) in [6.45, 7) is 5.06. The molecule has 1 aromatic heterocycles. The van der Waals surface area contributed by atoms with E-state index < -0.39 is 0 Å². The second-order valence-electron chi connectivity index (χ2n) is 4.56. The van der Waals surface area contributed by atoms with E-state index in [9.17, 15) is 4.39 Å². The molecule has 0 spiro atoms. The van der Waals surface area contributed by atoms with E-state index in [4.69, 9.17) is 10.2 Å². The van der Waals surface area contributed by atoms with Crippen LogP contribution in [0.2, 0.25) is 0 Å². The van der Waals surface area contributed by atoms with Crippen molar-refractivity contribution in [1.82, 2.24) is 0 Å². The number of rotatable bonds is 5. The van der Waals surface area contributed by atoms with Gasteiger partial charge < -0.3 is 15.1 Å². The largest absolute Gasteiger partial charge is 0.467 e. The number of furan rings is 1. The molecule has 0 bridgehead atoms. The average molecular weight is 262 g/mol. The van der Waals surface area contributed by atoms with E-state index >= 15 is 0 Å². The summed E-state index contributed by atoms with van der Waals surface area (Å²) in [5.74, 6) is 0.559. The molecule has 0 fully saturated rings. The summed E-state index contributed by atoms with van der Waals surface area (Å²) in [6, 6.07) is 8.53. The number of nitrogens with zero attached hydrogens (tertiary/aromatic N) is 1. The highest BCUT2D eigenvalue weighted by atomic mass is 19.1. The molecule has 2 N–H and O–H groups in total. The Balaban J connectivity index is 2.37. The van der Waals surface area contributed by atoms with Crippen molar-refractivity contribution in [2.45, 2.75) is 26.4 Å². The maximum Gasteiger partial charge on any atom is 0.146 e. The number of benzene rings is 1. The van der Waals surface area contributed by atoms with Gasteiger partial charge in [-0.25, -0.2) is 4.39 Å². The van der Waals surface area contributed by atoms with Crippen LogP contribution in [0, 0.1) is 5.82 Å². The molecule has 0 radical (unpaired) electrons. The molecule has 0 aliphatic heterocycles. The van der Waals surface area contributed by atoms with Crippen LogP contribution in [0.25, 0.3) is 0 Å². The van der Waals surface area contributed by atoms with Gasteiger partial charge in [0.05, 0.1) is 18.5 Å². The number of hydrogen-bond donors (Lipinski definition) is 1. The Bertz CT molecular complexity index is 523. The van der Waals surface area contributed by atoms with Gasteiger partial charge in [-0.3, -0.25) is 0 Å². The Hall–Kier alpha value is -1.81. The highest BCUT2D eigenvalue weighted by Crippen LogP contribution is 2.29. The molecule has 0 unspecified atom stereocenters. The third-order valence-corrected chi connectivity index (χ3v) is 3.13. The highest BCUT2D eigenvalue weighted by Gasteiger charge is 2.18. The van der Waals surface area contributed by atoms with Crippen LogP contribution in [0.4, 0.5) is 10.1 Å². The molecule has 102 valence electrons. The van der Waals surface area contributed by atoms with Crippen molar-refractivity contribution < 1.29 is 8.81 Å². The van der Waals surface area contributed by atoms with Gasteiger partial charge >= 0.3 is 0 Å². The van der Waals surface area contributed by atoms with Crippen LogP contribution < -0.4 is 10.6 Å². The van der Waals surface area contributed by atoms with Crippen molar-refractivity contribution in [2.24, 2.45) is 5.73 Å². The van der Waals surface area contributed by atoms with Gasteiger partial charge in [0.2, 0.25) is 0 Å². The summed E-state index contributed by atoms with van der Waals surface area (Å²) in [4.78, 5) is 1.94. The molecule has 1 atom stereocenters. The van der Waals surface area contributed by atoms with E-state index in [1.165, 1.54) is 6.07 Å². The normalized spacial score (nSPS) is 12.4. The lowest BCUT2D eigenvalue weighted by molar-refractivity contribution is 0.500. The van der Waals surface area contributed by atoms with E-state index in [1.807, 2.05) is 36.9 Å². The van der Waals surface area contributed by atoms with E-state index in [0.29, 0.717) is 18.8 Å². The van der Waals surface area contributed by atoms with Crippen molar-refractivity contribution in [3.63, 3.8) is 0 Å². The van der Waals surface area contributed by atoms with Crippen LogP contribution in [0.1, 0.15) is 31.2 Å². The minimum Gasteiger partial charge on any atom is -0.467 e. The lowest BCUT2D eigenvalue weighted by Crippen LogP contribution is -2.25. The van der Waals surface area contributed by atoms with Crippen LogP contribution in [0.3, 0.4) is 0 Å². The first-order valence-electron chi connectivity index (χ1n) is 6.44. The fourth-order valence-electron chi connectivity index (χ4n) is 2.17. The highest BCUT2D eigenvalue weighted by molar-refractivity contribution is 5.56. The molecule has 2 rings (SSSR count). The van der Waals surface area contributed by atoms with E-state index in [2.05, 4.69) is 0 Å². The number of para-hydroxylation sites is 1. The van der Waals surface area contributed by atoms with Crippen LogP contribution in [0.15, 0.2) is 41.0 Å². The first kappa shape index (κ1) is 13.6. The van der Waals surface area contributed by atoms with Gasteiger partial charge in [0, 0.05) is 12.6 Å². The number of halogens is 1. The molecule has 1 heterocycles. The van der Waals surface area contributed by atoms with Crippen LogP contribution >= 0.6 is 0 Å². The van der Waals surface area contributed by atoms with E-state index in [0.717, 1.165) is 11.3 Å².